The zero-order valence-corrected chi connectivity index (χ0v) is 16.0. The lowest BCUT2D eigenvalue weighted by Crippen LogP contribution is -2.28. The van der Waals surface area contributed by atoms with E-state index in [2.05, 4.69) is 10.3 Å². The molecule has 0 radical (unpaired) electrons. The van der Waals surface area contributed by atoms with E-state index in [-0.39, 0.29) is 18.0 Å². The molecule has 0 atom stereocenters. The van der Waals surface area contributed by atoms with Crippen molar-refractivity contribution < 1.29 is 14.3 Å². The highest BCUT2D eigenvalue weighted by molar-refractivity contribution is 7.14. The summed E-state index contributed by atoms with van der Waals surface area (Å²) in [6.07, 6.45) is 1.59. The number of nitrogens with one attached hydrogen (secondary N) is 1. The minimum absolute atomic E-state index is 0.0715. The zero-order valence-electron chi connectivity index (χ0n) is 15.2. The summed E-state index contributed by atoms with van der Waals surface area (Å²) in [4.78, 5) is 28.7. The molecule has 0 bridgehead atoms. The molecule has 27 heavy (non-hydrogen) atoms. The second-order valence-electron chi connectivity index (χ2n) is 5.78. The van der Waals surface area contributed by atoms with Gasteiger partial charge in [0.1, 0.15) is 18.0 Å². The van der Waals surface area contributed by atoms with E-state index in [1.165, 1.54) is 15.9 Å². The first-order valence-electron chi connectivity index (χ1n) is 8.15. The van der Waals surface area contributed by atoms with E-state index < -0.39 is 0 Å². The van der Waals surface area contributed by atoms with Crippen molar-refractivity contribution in [2.75, 3.05) is 19.5 Å². The lowest BCUT2D eigenvalue weighted by atomic mass is 10.1. The van der Waals surface area contributed by atoms with Crippen LogP contribution in [0.3, 0.4) is 0 Å². The molecule has 7 nitrogen and oxygen atoms in total. The predicted octanol–water partition coefficient (Wildman–Crippen LogP) is 2.94. The number of hydrogen-bond acceptors (Lipinski definition) is 6. The molecular formula is C19H19N3O4S. The number of methoxy groups -OCH3 is 2. The van der Waals surface area contributed by atoms with Crippen LogP contribution < -0.4 is 20.3 Å². The van der Waals surface area contributed by atoms with Gasteiger partial charge in [0, 0.05) is 22.7 Å². The van der Waals surface area contributed by atoms with Gasteiger partial charge in [0.25, 0.3) is 5.56 Å². The Morgan fingerprint density at radius 1 is 1.26 bits per heavy atom. The molecule has 0 aliphatic heterocycles. The molecule has 2 heterocycles. The molecule has 0 spiro atoms. The number of carbonyl (C=O) groups excluding carboxylic acids is 1. The number of amides is 1. The van der Waals surface area contributed by atoms with Gasteiger partial charge in [-0.2, -0.15) is 0 Å². The molecule has 140 valence electrons. The number of benzene rings is 1. The third-order valence-electron chi connectivity index (χ3n) is 3.96. The molecule has 3 aromatic rings. The van der Waals surface area contributed by atoms with E-state index in [1.807, 2.05) is 11.4 Å². The van der Waals surface area contributed by atoms with Crippen LogP contribution in [0.1, 0.15) is 5.56 Å². The Kier molecular flexibility index (Phi) is 5.56. The van der Waals surface area contributed by atoms with Crippen molar-refractivity contribution in [3.63, 3.8) is 0 Å². The monoisotopic (exact) mass is 385 g/mol. The third kappa shape index (κ3) is 4.17. The van der Waals surface area contributed by atoms with Crippen LogP contribution in [0, 0.1) is 6.92 Å². The zero-order chi connectivity index (χ0) is 19.4. The summed E-state index contributed by atoms with van der Waals surface area (Å²) in [7, 11) is 3.17. The van der Waals surface area contributed by atoms with Crippen LogP contribution in [0.15, 0.2) is 46.7 Å². The van der Waals surface area contributed by atoms with Gasteiger partial charge >= 0.3 is 0 Å². The molecule has 0 aliphatic rings. The molecule has 0 saturated heterocycles. The second-order valence-corrected chi connectivity index (χ2v) is 6.63. The van der Waals surface area contributed by atoms with Crippen molar-refractivity contribution in [3.05, 3.63) is 57.8 Å². The lowest BCUT2D eigenvalue weighted by Gasteiger charge is -2.08. The Labute approximate surface area is 160 Å². The number of pyridine rings is 1. The largest absolute Gasteiger partial charge is 0.497 e. The topological polar surface area (TPSA) is 82.5 Å². The molecule has 8 heteroatoms. The normalized spacial score (nSPS) is 10.5. The van der Waals surface area contributed by atoms with Crippen molar-refractivity contribution >= 4 is 22.4 Å². The average molecular weight is 385 g/mol. The highest BCUT2D eigenvalue weighted by Gasteiger charge is 2.13. The summed E-state index contributed by atoms with van der Waals surface area (Å²) in [5.74, 6) is 1.02. The first kappa shape index (κ1) is 18.7. The molecule has 0 fully saturated rings. The van der Waals surface area contributed by atoms with E-state index in [4.69, 9.17) is 9.47 Å². The fourth-order valence-corrected chi connectivity index (χ4v) is 3.29. The van der Waals surface area contributed by atoms with Gasteiger partial charge in [0.05, 0.1) is 19.9 Å². The molecule has 1 N–H and O–H groups in total. The van der Waals surface area contributed by atoms with Crippen LogP contribution in [0.4, 0.5) is 5.13 Å². The van der Waals surface area contributed by atoms with Crippen LogP contribution in [-0.4, -0.2) is 29.7 Å². The second kappa shape index (κ2) is 8.05. The summed E-state index contributed by atoms with van der Waals surface area (Å²) in [5, 5.41) is 5.00. The maximum absolute atomic E-state index is 12.3. The van der Waals surface area contributed by atoms with Crippen molar-refractivity contribution in [2.45, 2.75) is 13.5 Å². The number of anilines is 1. The van der Waals surface area contributed by atoms with Crippen molar-refractivity contribution in [2.24, 2.45) is 0 Å². The molecular weight excluding hydrogens is 366 g/mol. The predicted molar refractivity (Wildman–Crippen MR) is 105 cm³/mol. The van der Waals surface area contributed by atoms with Crippen LogP contribution in [0.2, 0.25) is 0 Å². The van der Waals surface area contributed by atoms with Crippen molar-refractivity contribution in [1.82, 2.24) is 9.55 Å². The molecule has 3 rings (SSSR count). The van der Waals surface area contributed by atoms with Crippen molar-refractivity contribution in [1.29, 1.82) is 0 Å². The lowest BCUT2D eigenvalue weighted by molar-refractivity contribution is -0.116. The number of aromatic nitrogens is 2. The number of rotatable bonds is 6. The van der Waals surface area contributed by atoms with E-state index in [0.29, 0.717) is 27.9 Å². The number of ether oxygens (including phenoxy) is 2. The van der Waals surface area contributed by atoms with E-state index in [1.54, 1.807) is 51.6 Å². The highest BCUT2D eigenvalue weighted by atomic mass is 32.1. The number of aryl methyl sites for hydroxylation is 1. The number of thiazole rings is 1. The SMILES string of the molecule is COc1ccc(OC)c(-c2csc(NC(=O)Cn3cccc(C)c3=O)n2)c1. The van der Waals surface area contributed by atoms with Crippen LogP contribution in [0.25, 0.3) is 11.3 Å². The molecule has 1 amide bonds. The summed E-state index contributed by atoms with van der Waals surface area (Å²) >= 11 is 1.30. The quantitative estimate of drug-likeness (QED) is 0.705. The Balaban J connectivity index is 1.77. The Morgan fingerprint density at radius 3 is 2.81 bits per heavy atom. The van der Waals surface area contributed by atoms with Gasteiger partial charge in [0.15, 0.2) is 5.13 Å². The van der Waals surface area contributed by atoms with Crippen molar-refractivity contribution in [3.8, 4) is 22.8 Å². The summed E-state index contributed by atoms with van der Waals surface area (Å²) in [6, 6.07) is 8.88. The first-order chi connectivity index (χ1) is 13.0. The number of hydrogen-bond donors (Lipinski definition) is 1. The van der Waals surface area contributed by atoms with Gasteiger partial charge in [0.2, 0.25) is 5.91 Å². The van der Waals surface area contributed by atoms with Gasteiger partial charge in [-0.15, -0.1) is 11.3 Å². The minimum Gasteiger partial charge on any atom is -0.497 e. The van der Waals surface area contributed by atoms with Gasteiger partial charge in [-0.25, -0.2) is 4.98 Å². The van der Waals surface area contributed by atoms with Gasteiger partial charge < -0.3 is 19.4 Å². The average Bonchev–Trinajstić information content (AvgIpc) is 3.13. The highest BCUT2D eigenvalue weighted by Crippen LogP contribution is 2.34. The fraction of sp³-hybridized carbons (Fsp3) is 0.211. The Bertz CT molecular complexity index is 1030. The van der Waals surface area contributed by atoms with E-state index in [0.717, 1.165) is 5.56 Å². The Morgan fingerprint density at radius 2 is 2.07 bits per heavy atom. The van der Waals surface area contributed by atoms with Crippen LogP contribution in [0.5, 0.6) is 11.5 Å². The Hall–Kier alpha value is -3.13. The summed E-state index contributed by atoms with van der Waals surface area (Å²) in [5.41, 5.74) is 1.84. The summed E-state index contributed by atoms with van der Waals surface area (Å²) < 4.78 is 12.0. The third-order valence-corrected chi connectivity index (χ3v) is 4.72. The maximum atomic E-state index is 12.3. The fourth-order valence-electron chi connectivity index (χ4n) is 2.56. The van der Waals surface area contributed by atoms with Crippen LogP contribution >= 0.6 is 11.3 Å². The molecule has 0 unspecified atom stereocenters. The molecule has 0 saturated carbocycles. The van der Waals surface area contributed by atoms with Gasteiger partial charge in [-0.05, 0) is 31.2 Å². The molecule has 1 aromatic carbocycles. The van der Waals surface area contributed by atoms with E-state index in [9.17, 15) is 9.59 Å². The minimum atomic E-state index is -0.318. The smallest absolute Gasteiger partial charge is 0.253 e. The van der Waals surface area contributed by atoms with E-state index >= 15 is 0 Å². The van der Waals surface area contributed by atoms with Gasteiger partial charge in [-0.3, -0.25) is 9.59 Å². The molecule has 2 aromatic heterocycles. The summed E-state index contributed by atoms with van der Waals surface area (Å²) in [6.45, 7) is 1.64. The number of carbonyl (C=O) groups is 1. The number of nitrogens with zero attached hydrogens (tertiary/aromatic N) is 2. The van der Waals surface area contributed by atoms with Crippen LogP contribution in [-0.2, 0) is 11.3 Å². The molecule has 0 aliphatic carbocycles. The maximum Gasteiger partial charge on any atom is 0.253 e. The van der Waals surface area contributed by atoms with Gasteiger partial charge in [-0.1, -0.05) is 6.07 Å². The first-order valence-corrected chi connectivity index (χ1v) is 9.03. The standard InChI is InChI=1S/C19H19N3O4S/c1-12-5-4-8-22(18(12)24)10-17(23)21-19-20-15(11-27-19)14-9-13(25-2)6-7-16(14)26-3/h4-9,11H,10H2,1-3H3,(H,20,21,23).